The van der Waals surface area contributed by atoms with Gasteiger partial charge in [0.2, 0.25) is 5.91 Å². The van der Waals surface area contributed by atoms with Gasteiger partial charge in [-0.05, 0) is 38.8 Å². The van der Waals surface area contributed by atoms with Crippen LogP contribution in [0.4, 0.5) is 4.39 Å². The summed E-state index contributed by atoms with van der Waals surface area (Å²) >= 11 is 0. The Bertz CT molecular complexity index is 1010. The SMILES string of the molecule is Cc1noc(C)c1CC(=O)N1CCCC(c2noc(COc3ccccc3F)n2)C1. The topological polar surface area (TPSA) is 94.5 Å². The summed E-state index contributed by atoms with van der Waals surface area (Å²) in [4.78, 5) is 19.0. The number of halogens is 1. The number of hydrogen-bond acceptors (Lipinski definition) is 7. The molecule has 8 nitrogen and oxygen atoms in total. The highest BCUT2D eigenvalue weighted by Crippen LogP contribution is 2.26. The van der Waals surface area contributed by atoms with Crippen LogP contribution < -0.4 is 4.74 Å². The van der Waals surface area contributed by atoms with Crippen LogP contribution in [0.3, 0.4) is 0 Å². The third-order valence-electron chi connectivity index (χ3n) is 5.32. The highest BCUT2D eigenvalue weighted by Gasteiger charge is 2.29. The molecule has 1 saturated heterocycles. The number of benzene rings is 1. The molecule has 1 aliphatic rings. The molecular formula is C21H23FN4O4. The predicted molar refractivity (Wildman–Crippen MR) is 103 cm³/mol. The largest absolute Gasteiger partial charge is 0.481 e. The lowest BCUT2D eigenvalue weighted by atomic mass is 9.96. The molecule has 0 bridgehead atoms. The maximum Gasteiger partial charge on any atom is 0.264 e. The van der Waals surface area contributed by atoms with Gasteiger partial charge in [-0.1, -0.05) is 22.4 Å². The van der Waals surface area contributed by atoms with Gasteiger partial charge in [-0.2, -0.15) is 4.98 Å². The molecule has 2 aromatic heterocycles. The van der Waals surface area contributed by atoms with Crippen molar-refractivity contribution in [1.82, 2.24) is 20.2 Å². The van der Waals surface area contributed by atoms with Gasteiger partial charge in [-0.3, -0.25) is 4.79 Å². The molecule has 1 atom stereocenters. The van der Waals surface area contributed by atoms with E-state index in [4.69, 9.17) is 13.8 Å². The van der Waals surface area contributed by atoms with Crippen LogP contribution in [0, 0.1) is 19.7 Å². The summed E-state index contributed by atoms with van der Waals surface area (Å²) in [6.45, 7) is 4.85. The number of nitrogens with zero attached hydrogens (tertiary/aromatic N) is 4. The van der Waals surface area contributed by atoms with E-state index in [-0.39, 0.29) is 36.5 Å². The fourth-order valence-electron chi connectivity index (χ4n) is 3.63. The molecule has 30 heavy (non-hydrogen) atoms. The molecule has 1 unspecified atom stereocenters. The summed E-state index contributed by atoms with van der Waals surface area (Å²) in [5.74, 6) is 1.18. The smallest absolute Gasteiger partial charge is 0.264 e. The Balaban J connectivity index is 1.36. The van der Waals surface area contributed by atoms with Gasteiger partial charge in [-0.15, -0.1) is 0 Å². The van der Waals surface area contributed by atoms with Gasteiger partial charge in [0.1, 0.15) is 5.76 Å². The predicted octanol–water partition coefficient (Wildman–Crippen LogP) is 3.34. The molecular weight excluding hydrogens is 391 g/mol. The van der Waals surface area contributed by atoms with Crippen molar-refractivity contribution in [1.29, 1.82) is 0 Å². The summed E-state index contributed by atoms with van der Waals surface area (Å²) in [6.07, 6.45) is 1.98. The molecule has 1 fully saturated rings. The summed E-state index contributed by atoms with van der Waals surface area (Å²) in [5.41, 5.74) is 1.58. The minimum absolute atomic E-state index is 0.0154. The number of para-hydroxylation sites is 1. The number of carbonyl (C=O) groups excluding carboxylic acids is 1. The average molecular weight is 414 g/mol. The van der Waals surface area contributed by atoms with E-state index in [1.54, 1.807) is 12.1 Å². The number of piperidine rings is 1. The Hall–Kier alpha value is -3.23. The molecule has 0 N–H and O–H groups in total. The quantitative estimate of drug-likeness (QED) is 0.610. The van der Waals surface area contributed by atoms with E-state index in [9.17, 15) is 9.18 Å². The van der Waals surface area contributed by atoms with E-state index < -0.39 is 5.82 Å². The van der Waals surface area contributed by atoms with Crippen LogP contribution in [0.25, 0.3) is 0 Å². The zero-order valence-electron chi connectivity index (χ0n) is 16.9. The maximum absolute atomic E-state index is 13.7. The molecule has 3 aromatic rings. The van der Waals surface area contributed by atoms with E-state index in [2.05, 4.69) is 15.3 Å². The minimum Gasteiger partial charge on any atom is -0.481 e. The average Bonchev–Trinajstić information content (AvgIpc) is 3.35. The van der Waals surface area contributed by atoms with Crippen LogP contribution in [0.5, 0.6) is 5.75 Å². The molecule has 1 aliphatic heterocycles. The summed E-state index contributed by atoms with van der Waals surface area (Å²) in [7, 11) is 0. The van der Waals surface area contributed by atoms with Gasteiger partial charge in [0.05, 0.1) is 12.1 Å². The number of ether oxygens (including phenoxy) is 1. The number of aryl methyl sites for hydroxylation is 2. The van der Waals surface area contributed by atoms with Gasteiger partial charge in [0.15, 0.2) is 24.0 Å². The van der Waals surface area contributed by atoms with Crippen molar-refractivity contribution in [2.75, 3.05) is 13.1 Å². The molecule has 0 saturated carbocycles. The van der Waals surface area contributed by atoms with Gasteiger partial charge in [0.25, 0.3) is 5.89 Å². The number of amides is 1. The lowest BCUT2D eigenvalue weighted by molar-refractivity contribution is -0.131. The minimum atomic E-state index is -0.447. The number of carbonyl (C=O) groups is 1. The normalized spacial score (nSPS) is 16.6. The highest BCUT2D eigenvalue weighted by atomic mass is 19.1. The molecule has 9 heteroatoms. The van der Waals surface area contributed by atoms with Crippen molar-refractivity contribution in [2.45, 2.75) is 45.6 Å². The molecule has 3 heterocycles. The van der Waals surface area contributed by atoms with Gasteiger partial charge in [0, 0.05) is 24.6 Å². The van der Waals surface area contributed by atoms with Crippen LogP contribution in [-0.4, -0.2) is 39.2 Å². The fraction of sp³-hybridized carbons (Fsp3) is 0.429. The second-order valence-electron chi connectivity index (χ2n) is 7.42. The standard InChI is InChI=1S/C21H23FN4O4/c1-13-16(14(2)29-24-13)10-20(27)26-9-5-6-15(11-26)21-23-19(30-25-21)12-28-18-8-4-3-7-17(18)22/h3-4,7-8,15H,5-6,9-12H2,1-2H3. The van der Waals surface area contributed by atoms with E-state index in [0.717, 1.165) is 24.1 Å². The van der Waals surface area contributed by atoms with Crippen molar-refractivity contribution in [3.63, 3.8) is 0 Å². The Kier molecular flexibility index (Phi) is 5.78. The first-order chi connectivity index (χ1) is 14.5. The molecule has 0 spiro atoms. The number of rotatable bonds is 6. The van der Waals surface area contributed by atoms with Gasteiger partial charge >= 0.3 is 0 Å². The Labute approximate surface area is 173 Å². The molecule has 4 rings (SSSR count). The molecule has 0 aliphatic carbocycles. The third-order valence-corrected chi connectivity index (χ3v) is 5.32. The first kappa shape index (κ1) is 20.1. The zero-order chi connectivity index (χ0) is 21.1. The van der Waals surface area contributed by atoms with E-state index >= 15 is 0 Å². The molecule has 0 radical (unpaired) electrons. The fourth-order valence-corrected chi connectivity index (χ4v) is 3.63. The highest BCUT2D eigenvalue weighted by molar-refractivity contribution is 5.79. The number of likely N-dealkylation sites (tertiary alicyclic amines) is 1. The van der Waals surface area contributed by atoms with Crippen molar-refractivity contribution < 1.29 is 23.0 Å². The maximum atomic E-state index is 13.7. The van der Waals surface area contributed by atoms with E-state index in [0.29, 0.717) is 24.7 Å². The van der Waals surface area contributed by atoms with Gasteiger partial charge < -0.3 is 18.7 Å². The van der Waals surface area contributed by atoms with Crippen LogP contribution >= 0.6 is 0 Å². The van der Waals surface area contributed by atoms with Crippen LogP contribution in [0.2, 0.25) is 0 Å². The zero-order valence-corrected chi connectivity index (χ0v) is 16.9. The second kappa shape index (κ2) is 8.64. The van der Waals surface area contributed by atoms with Crippen molar-refractivity contribution in [2.24, 2.45) is 0 Å². The van der Waals surface area contributed by atoms with Crippen LogP contribution in [-0.2, 0) is 17.8 Å². The van der Waals surface area contributed by atoms with E-state index in [1.165, 1.54) is 12.1 Å². The second-order valence-corrected chi connectivity index (χ2v) is 7.42. The van der Waals surface area contributed by atoms with Crippen molar-refractivity contribution in [3.8, 4) is 5.75 Å². The Morgan fingerprint density at radius 1 is 1.27 bits per heavy atom. The van der Waals surface area contributed by atoms with Gasteiger partial charge in [-0.25, -0.2) is 4.39 Å². The number of hydrogen-bond donors (Lipinski definition) is 0. The monoisotopic (exact) mass is 414 g/mol. The summed E-state index contributed by atoms with van der Waals surface area (Å²) < 4.78 is 29.5. The number of aromatic nitrogens is 3. The first-order valence-electron chi connectivity index (χ1n) is 9.90. The van der Waals surface area contributed by atoms with E-state index in [1.807, 2.05) is 18.7 Å². The van der Waals surface area contributed by atoms with Crippen LogP contribution in [0.1, 0.15) is 47.5 Å². The summed E-state index contributed by atoms with van der Waals surface area (Å²) in [6, 6.07) is 6.14. The third kappa shape index (κ3) is 4.34. The van der Waals surface area contributed by atoms with Crippen molar-refractivity contribution >= 4 is 5.91 Å². The Morgan fingerprint density at radius 3 is 2.87 bits per heavy atom. The van der Waals surface area contributed by atoms with Crippen LogP contribution in [0.15, 0.2) is 33.3 Å². The lowest BCUT2D eigenvalue weighted by Crippen LogP contribution is -2.40. The molecule has 158 valence electrons. The molecule has 1 aromatic carbocycles. The molecule has 1 amide bonds. The first-order valence-corrected chi connectivity index (χ1v) is 9.90. The lowest BCUT2D eigenvalue weighted by Gasteiger charge is -2.31. The Morgan fingerprint density at radius 2 is 2.10 bits per heavy atom. The van der Waals surface area contributed by atoms with Crippen molar-refractivity contribution in [3.05, 3.63) is 58.8 Å². The summed E-state index contributed by atoms with van der Waals surface area (Å²) in [5, 5.41) is 7.96.